The van der Waals surface area contributed by atoms with Gasteiger partial charge in [0.15, 0.2) is 0 Å². The Balaban J connectivity index is 1.46. The van der Waals surface area contributed by atoms with E-state index in [1.807, 2.05) is 0 Å². The molecule has 0 spiro atoms. The SMILES string of the molecule is COc1coc(CN2CC3CC(C2)[C@@H]2CCCC(=O)N2C3)cc1=O. The fourth-order valence-corrected chi connectivity index (χ4v) is 4.73. The van der Waals surface area contributed by atoms with Gasteiger partial charge in [0.2, 0.25) is 17.1 Å². The third-order valence-corrected chi connectivity index (χ3v) is 5.71. The maximum Gasteiger partial charge on any atom is 0.227 e. The number of hydrogen-bond acceptors (Lipinski definition) is 5. The van der Waals surface area contributed by atoms with Crippen molar-refractivity contribution in [2.24, 2.45) is 11.8 Å². The minimum absolute atomic E-state index is 0.139. The molecule has 0 N–H and O–H groups in total. The molecule has 1 aromatic rings. The summed E-state index contributed by atoms with van der Waals surface area (Å²) in [6, 6.07) is 1.94. The first-order valence-electron chi connectivity index (χ1n) is 8.81. The first kappa shape index (κ1) is 15.7. The van der Waals surface area contributed by atoms with Crippen molar-refractivity contribution in [3.63, 3.8) is 0 Å². The van der Waals surface area contributed by atoms with Crippen LogP contribution in [0.5, 0.6) is 5.75 Å². The van der Waals surface area contributed by atoms with Crippen LogP contribution in [0.4, 0.5) is 0 Å². The molecule has 3 fully saturated rings. The van der Waals surface area contributed by atoms with Gasteiger partial charge in [-0.3, -0.25) is 14.5 Å². The van der Waals surface area contributed by atoms with Crippen molar-refractivity contribution in [1.29, 1.82) is 0 Å². The highest BCUT2D eigenvalue weighted by atomic mass is 16.5. The van der Waals surface area contributed by atoms with E-state index in [2.05, 4.69) is 9.80 Å². The van der Waals surface area contributed by atoms with Crippen LogP contribution >= 0.6 is 0 Å². The summed E-state index contributed by atoms with van der Waals surface area (Å²) in [7, 11) is 1.47. The Morgan fingerprint density at radius 2 is 2.17 bits per heavy atom. The van der Waals surface area contributed by atoms with E-state index >= 15 is 0 Å². The van der Waals surface area contributed by atoms with Crippen LogP contribution in [0, 0.1) is 11.8 Å². The highest BCUT2D eigenvalue weighted by Gasteiger charge is 2.43. The van der Waals surface area contributed by atoms with Gasteiger partial charge in [-0.25, -0.2) is 0 Å². The van der Waals surface area contributed by atoms with E-state index in [1.165, 1.54) is 25.9 Å². The summed E-state index contributed by atoms with van der Waals surface area (Å²) < 4.78 is 10.5. The quantitative estimate of drug-likeness (QED) is 0.839. The van der Waals surface area contributed by atoms with Crippen molar-refractivity contribution in [2.75, 3.05) is 26.7 Å². The molecular formula is C18H24N2O4. The smallest absolute Gasteiger partial charge is 0.227 e. The van der Waals surface area contributed by atoms with E-state index in [9.17, 15) is 9.59 Å². The number of nitrogens with zero attached hydrogens (tertiary/aromatic N) is 2. The maximum absolute atomic E-state index is 12.2. The minimum Gasteiger partial charge on any atom is -0.490 e. The van der Waals surface area contributed by atoms with E-state index < -0.39 is 0 Å². The van der Waals surface area contributed by atoms with Crippen LogP contribution in [-0.2, 0) is 11.3 Å². The lowest BCUT2D eigenvalue weighted by atomic mass is 9.76. The normalized spacial score (nSPS) is 30.1. The van der Waals surface area contributed by atoms with Crippen LogP contribution in [0.3, 0.4) is 0 Å². The molecule has 1 aromatic heterocycles. The zero-order chi connectivity index (χ0) is 16.7. The second-order valence-electron chi connectivity index (χ2n) is 7.34. The van der Waals surface area contributed by atoms with Crippen LogP contribution in [0.2, 0.25) is 0 Å². The average molecular weight is 332 g/mol. The molecule has 3 saturated heterocycles. The molecule has 6 nitrogen and oxygen atoms in total. The van der Waals surface area contributed by atoms with E-state index in [-0.39, 0.29) is 11.2 Å². The largest absolute Gasteiger partial charge is 0.490 e. The molecule has 0 radical (unpaired) electrons. The summed E-state index contributed by atoms with van der Waals surface area (Å²) >= 11 is 0. The molecule has 2 unspecified atom stereocenters. The van der Waals surface area contributed by atoms with Crippen molar-refractivity contribution in [2.45, 2.75) is 38.3 Å². The Labute approximate surface area is 141 Å². The van der Waals surface area contributed by atoms with Gasteiger partial charge in [0.05, 0.1) is 13.7 Å². The monoisotopic (exact) mass is 332 g/mol. The standard InChI is InChI=1S/C18H24N2O4/c1-23-17-11-24-14(6-16(17)21)10-19-7-12-5-13(9-19)15-3-2-4-18(22)20(15)8-12/h6,11-13,15H,2-5,7-10H2,1H3/t12?,13?,15-/m0/s1. The van der Waals surface area contributed by atoms with Crippen molar-refractivity contribution >= 4 is 5.91 Å². The third-order valence-electron chi connectivity index (χ3n) is 5.71. The number of hydrogen-bond donors (Lipinski definition) is 0. The molecule has 24 heavy (non-hydrogen) atoms. The second kappa shape index (κ2) is 6.24. The summed E-state index contributed by atoms with van der Waals surface area (Å²) in [5.41, 5.74) is -0.139. The van der Waals surface area contributed by atoms with Crippen molar-refractivity contribution < 1.29 is 13.9 Å². The van der Waals surface area contributed by atoms with E-state index in [1.54, 1.807) is 0 Å². The van der Waals surface area contributed by atoms with E-state index in [4.69, 9.17) is 9.15 Å². The minimum atomic E-state index is -0.139. The summed E-state index contributed by atoms with van der Waals surface area (Å²) in [4.78, 5) is 28.6. The number of ether oxygens (including phenoxy) is 1. The van der Waals surface area contributed by atoms with Crippen LogP contribution in [-0.4, -0.2) is 48.5 Å². The van der Waals surface area contributed by atoms with Crippen LogP contribution in [0.15, 0.2) is 21.5 Å². The van der Waals surface area contributed by atoms with Crippen LogP contribution in [0.1, 0.15) is 31.4 Å². The van der Waals surface area contributed by atoms with Gasteiger partial charge in [-0.15, -0.1) is 0 Å². The molecule has 0 aromatic carbocycles. The molecular weight excluding hydrogens is 308 g/mol. The summed E-state index contributed by atoms with van der Waals surface area (Å²) in [5.74, 6) is 2.34. The van der Waals surface area contributed by atoms with Crippen LogP contribution < -0.4 is 10.2 Å². The number of carbonyl (C=O) groups excluding carboxylic acids is 1. The Kier molecular flexibility index (Phi) is 4.08. The maximum atomic E-state index is 12.2. The molecule has 4 heterocycles. The fourth-order valence-electron chi connectivity index (χ4n) is 4.73. The van der Waals surface area contributed by atoms with Crippen molar-refractivity contribution in [1.82, 2.24) is 9.80 Å². The van der Waals surface area contributed by atoms with Gasteiger partial charge in [-0.1, -0.05) is 0 Å². The second-order valence-corrected chi connectivity index (χ2v) is 7.34. The molecule has 0 aliphatic carbocycles. The number of likely N-dealkylation sites (tertiary alicyclic amines) is 1. The molecule has 130 valence electrons. The lowest BCUT2D eigenvalue weighted by molar-refractivity contribution is -0.145. The van der Waals surface area contributed by atoms with Gasteiger partial charge in [0.25, 0.3) is 0 Å². The summed E-state index contributed by atoms with van der Waals surface area (Å²) in [6.45, 7) is 3.47. The molecule has 3 aliphatic rings. The fraction of sp³-hybridized carbons (Fsp3) is 0.667. The highest BCUT2D eigenvalue weighted by molar-refractivity contribution is 5.77. The van der Waals surface area contributed by atoms with Gasteiger partial charge >= 0.3 is 0 Å². The molecule has 4 rings (SSSR count). The lowest BCUT2D eigenvalue weighted by Crippen LogP contribution is -2.60. The molecule has 6 heteroatoms. The molecule has 2 bridgehead atoms. The predicted molar refractivity (Wildman–Crippen MR) is 87.8 cm³/mol. The summed E-state index contributed by atoms with van der Waals surface area (Å²) in [6.07, 6.45) is 5.49. The van der Waals surface area contributed by atoms with E-state index in [0.717, 1.165) is 38.9 Å². The Morgan fingerprint density at radius 3 is 2.96 bits per heavy atom. The van der Waals surface area contributed by atoms with Gasteiger partial charge in [-0.05, 0) is 31.1 Å². The van der Waals surface area contributed by atoms with Crippen molar-refractivity contribution in [3.05, 3.63) is 28.3 Å². The molecule has 3 aliphatic heterocycles. The van der Waals surface area contributed by atoms with Gasteiger partial charge in [0, 0.05) is 38.2 Å². The molecule has 3 atom stereocenters. The first-order chi connectivity index (χ1) is 11.6. The topological polar surface area (TPSA) is 63.0 Å². The van der Waals surface area contributed by atoms with Crippen molar-refractivity contribution in [3.8, 4) is 5.75 Å². The Morgan fingerprint density at radius 1 is 1.29 bits per heavy atom. The Hall–Kier alpha value is -1.82. The highest BCUT2D eigenvalue weighted by Crippen LogP contribution is 2.38. The average Bonchev–Trinajstić information content (AvgIpc) is 2.56. The predicted octanol–water partition coefficient (Wildman–Crippen LogP) is 1.48. The lowest BCUT2D eigenvalue weighted by Gasteiger charge is -2.52. The summed E-state index contributed by atoms with van der Waals surface area (Å²) in [5, 5.41) is 0. The van der Waals surface area contributed by atoms with Gasteiger partial charge in [-0.2, -0.15) is 0 Å². The number of carbonyl (C=O) groups is 1. The number of piperidine rings is 3. The van der Waals surface area contributed by atoms with E-state index in [0.29, 0.717) is 36.1 Å². The van der Waals surface area contributed by atoms with Crippen LogP contribution in [0.25, 0.3) is 0 Å². The number of methoxy groups -OCH3 is 1. The number of amides is 1. The van der Waals surface area contributed by atoms with Gasteiger partial charge in [0.1, 0.15) is 12.0 Å². The number of rotatable bonds is 3. The molecule has 0 saturated carbocycles. The first-order valence-corrected chi connectivity index (χ1v) is 8.81. The van der Waals surface area contributed by atoms with Gasteiger partial charge < -0.3 is 14.1 Å². The number of fused-ring (bicyclic) bond motifs is 4. The zero-order valence-corrected chi connectivity index (χ0v) is 14.1. The third kappa shape index (κ3) is 2.83. The Bertz CT molecular complexity index is 686. The zero-order valence-electron chi connectivity index (χ0n) is 14.1. The molecule has 1 amide bonds.